The molecule has 1 fully saturated rings. The Labute approximate surface area is 159 Å². The molecule has 5 heteroatoms. The Kier molecular flexibility index (Phi) is 4.67. The second-order valence-electron chi connectivity index (χ2n) is 6.96. The number of aryl methyl sites for hydroxylation is 1. The van der Waals surface area contributed by atoms with Crippen molar-refractivity contribution in [3.05, 3.63) is 71.4 Å². The average molecular weight is 361 g/mol. The van der Waals surface area contributed by atoms with Crippen LogP contribution in [0.15, 0.2) is 54.7 Å². The van der Waals surface area contributed by atoms with Crippen LogP contribution in [0.1, 0.15) is 40.4 Å². The van der Waals surface area contributed by atoms with E-state index in [1.54, 1.807) is 13.3 Å². The number of carbonyl (C=O) groups excluding carboxylic acids is 1. The molecule has 0 saturated carbocycles. The number of H-pyrrole nitrogens is 1. The lowest BCUT2D eigenvalue weighted by Crippen LogP contribution is -2.30. The van der Waals surface area contributed by atoms with Gasteiger partial charge in [-0.3, -0.25) is 9.89 Å². The molecule has 1 aromatic heterocycles. The van der Waals surface area contributed by atoms with E-state index in [4.69, 9.17) is 4.74 Å². The third kappa shape index (κ3) is 3.33. The highest BCUT2D eigenvalue weighted by molar-refractivity contribution is 6.00. The molecule has 2 heterocycles. The number of nitrogens with zero attached hydrogens (tertiary/aromatic N) is 2. The van der Waals surface area contributed by atoms with Crippen molar-refractivity contribution in [1.29, 1.82) is 0 Å². The van der Waals surface area contributed by atoms with Gasteiger partial charge in [0.25, 0.3) is 5.91 Å². The first-order valence-corrected chi connectivity index (χ1v) is 9.22. The number of rotatable bonds is 4. The number of ether oxygens (including phenoxy) is 1. The third-order valence-corrected chi connectivity index (χ3v) is 5.17. The summed E-state index contributed by atoms with van der Waals surface area (Å²) in [5.74, 6) is 0.834. The highest BCUT2D eigenvalue weighted by Gasteiger charge is 2.32. The number of aromatic amines is 1. The van der Waals surface area contributed by atoms with E-state index >= 15 is 0 Å². The van der Waals surface area contributed by atoms with Crippen LogP contribution in [-0.2, 0) is 0 Å². The summed E-state index contributed by atoms with van der Waals surface area (Å²) in [6.45, 7) is 2.79. The van der Waals surface area contributed by atoms with Gasteiger partial charge in [0.2, 0.25) is 0 Å². The van der Waals surface area contributed by atoms with Crippen LogP contribution in [-0.4, -0.2) is 34.7 Å². The largest absolute Gasteiger partial charge is 0.497 e. The van der Waals surface area contributed by atoms with Crippen molar-refractivity contribution in [2.75, 3.05) is 13.7 Å². The molecule has 1 amide bonds. The summed E-state index contributed by atoms with van der Waals surface area (Å²) in [5.41, 5.74) is 4.64. The number of hydrogen-bond acceptors (Lipinski definition) is 3. The van der Waals surface area contributed by atoms with Crippen LogP contribution < -0.4 is 4.74 Å². The molecule has 2 aromatic carbocycles. The van der Waals surface area contributed by atoms with E-state index in [9.17, 15) is 4.79 Å². The molecule has 1 aliphatic rings. The average Bonchev–Trinajstić information content (AvgIpc) is 3.37. The second-order valence-corrected chi connectivity index (χ2v) is 6.96. The first kappa shape index (κ1) is 17.3. The van der Waals surface area contributed by atoms with Crippen molar-refractivity contribution in [3.8, 4) is 17.0 Å². The Morgan fingerprint density at radius 1 is 1.22 bits per heavy atom. The maximum atomic E-state index is 13.4. The summed E-state index contributed by atoms with van der Waals surface area (Å²) in [7, 11) is 1.66. The molecular weight excluding hydrogens is 338 g/mol. The molecule has 1 saturated heterocycles. The zero-order chi connectivity index (χ0) is 18.8. The predicted octanol–water partition coefficient (Wildman–Crippen LogP) is 4.37. The van der Waals surface area contributed by atoms with Gasteiger partial charge in [-0.05, 0) is 43.5 Å². The summed E-state index contributed by atoms with van der Waals surface area (Å²) >= 11 is 0. The van der Waals surface area contributed by atoms with Crippen LogP contribution in [0.4, 0.5) is 0 Å². The van der Waals surface area contributed by atoms with E-state index in [-0.39, 0.29) is 11.9 Å². The van der Waals surface area contributed by atoms with E-state index in [0.29, 0.717) is 5.56 Å². The van der Waals surface area contributed by atoms with Crippen LogP contribution in [0.25, 0.3) is 11.3 Å². The van der Waals surface area contributed by atoms with Gasteiger partial charge in [0.1, 0.15) is 5.75 Å². The molecule has 0 unspecified atom stereocenters. The Bertz CT molecular complexity index is 963. The molecule has 0 radical (unpaired) electrons. The summed E-state index contributed by atoms with van der Waals surface area (Å²) in [4.78, 5) is 15.3. The summed E-state index contributed by atoms with van der Waals surface area (Å²) < 4.78 is 5.35. The molecule has 1 N–H and O–H groups in total. The molecule has 4 rings (SSSR count). The molecule has 5 nitrogen and oxygen atoms in total. The highest BCUT2D eigenvalue weighted by Crippen LogP contribution is 2.35. The lowest BCUT2D eigenvalue weighted by molar-refractivity contribution is 0.0736. The minimum atomic E-state index is 0.0191. The van der Waals surface area contributed by atoms with Crippen molar-refractivity contribution in [3.63, 3.8) is 0 Å². The van der Waals surface area contributed by atoms with Gasteiger partial charge in [0.05, 0.1) is 30.6 Å². The van der Waals surface area contributed by atoms with Crippen molar-refractivity contribution < 1.29 is 9.53 Å². The van der Waals surface area contributed by atoms with Crippen molar-refractivity contribution in [2.24, 2.45) is 0 Å². The zero-order valence-electron chi connectivity index (χ0n) is 15.6. The van der Waals surface area contributed by atoms with Gasteiger partial charge in [-0.15, -0.1) is 0 Å². The minimum Gasteiger partial charge on any atom is -0.497 e. The van der Waals surface area contributed by atoms with Gasteiger partial charge in [0.15, 0.2) is 0 Å². The molecule has 1 atom stereocenters. The van der Waals surface area contributed by atoms with Gasteiger partial charge in [-0.25, -0.2) is 0 Å². The topological polar surface area (TPSA) is 58.2 Å². The zero-order valence-corrected chi connectivity index (χ0v) is 15.6. The van der Waals surface area contributed by atoms with Gasteiger partial charge in [-0.2, -0.15) is 5.10 Å². The Hall–Kier alpha value is -3.08. The van der Waals surface area contributed by atoms with Crippen LogP contribution in [0, 0.1) is 6.92 Å². The smallest absolute Gasteiger partial charge is 0.258 e. The third-order valence-electron chi connectivity index (χ3n) is 5.17. The number of nitrogens with one attached hydrogen (secondary N) is 1. The summed E-state index contributed by atoms with van der Waals surface area (Å²) in [6.07, 6.45) is 3.59. The maximum Gasteiger partial charge on any atom is 0.258 e. The molecule has 3 aromatic rings. The van der Waals surface area contributed by atoms with Gasteiger partial charge in [0, 0.05) is 12.1 Å². The van der Waals surface area contributed by atoms with Gasteiger partial charge >= 0.3 is 0 Å². The Balaban J connectivity index is 1.66. The van der Waals surface area contributed by atoms with Crippen LogP contribution in [0.2, 0.25) is 0 Å². The highest BCUT2D eigenvalue weighted by atomic mass is 16.5. The first-order chi connectivity index (χ1) is 13.2. The number of likely N-dealkylation sites (tertiary alicyclic amines) is 1. The van der Waals surface area contributed by atoms with E-state index in [1.807, 2.05) is 48.2 Å². The maximum absolute atomic E-state index is 13.4. The number of aromatic nitrogens is 2. The number of methoxy groups -OCH3 is 1. The quantitative estimate of drug-likeness (QED) is 0.751. The number of hydrogen-bond donors (Lipinski definition) is 1. The predicted molar refractivity (Wildman–Crippen MR) is 105 cm³/mol. The standard InChI is InChI=1S/C22H23N3O2/c1-15-6-3-8-17(12-15)21-19(14-23-24-21)22(26)25-11-5-10-20(25)16-7-4-9-18(13-16)27-2/h3-4,6-9,12-14,20H,5,10-11H2,1-2H3,(H,23,24)/t20-/m0/s1. The minimum absolute atomic E-state index is 0.0191. The Morgan fingerprint density at radius 3 is 2.89 bits per heavy atom. The fourth-order valence-corrected chi connectivity index (χ4v) is 3.83. The van der Waals surface area contributed by atoms with E-state index < -0.39 is 0 Å². The van der Waals surface area contributed by atoms with Crippen LogP contribution in [0.3, 0.4) is 0 Å². The van der Waals surface area contributed by atoms with E-state index in [0.717, 1.165) is 47.5 Å². The Morgan fingerprint density at radius 2 is 2.07 bits per heavy atom. The van der Waals surface area contributed by atoms with Gasteiger partial charge < -0.3 is 9.64 Å². The van der Waals surface area contributed by atoms with Crippen molar-refractivity contribution in [2.45, 2.75) is 25.8 Å². The van der Waals surface area contributed by atoms with Gasteiger partial charge in [-0.1, -0.05) is 35.9 Å². The molecule has 0 spiro atoms. The normalized spacial score (nSPS) is 16.5. The summed E-state index contributed by atoms with van der Waals surface area (Å²) in [6, 6.07) is 16.2. The number of benzene rings is 2. The molecular formula is C22H23N3O2. The van der Waals surface area contributed by atoms with Crippen molar-refractivity contribution in [1.82, 2.24) is 15.1 Å². The fourth-order valence-electron chi connectivity index (χ4n) is 3.83. The van der Waals surface area contributed by atoms with Crippen LogP contribution in [0.5, 0.6) is 5.75 Å². The lowest BCUT2D eigenvalue weighted by atomic mass is 10.0. The molecule has 0 bridgehead atoms. The molecule has 138 valence electrons. The lowest BCUT2D eigenvalue weighted by Gasteiger charge is -2.25. The van der Waals surface area contributed by atoms with E-state index in [1.165, 1.54) is 0 Å². The molecule has 0 aliphatic carbocycles. The number of amides is 1. The molecule has 27 heavy (non-hydrogen) atoms. The first-order valence-electron chi connectivity index (χ1n) is 9.22. The van der Waals surface area contributed by atoms with E-state index in [2.05, 4.69) is 22.3 Å². The summed E-state index contributed by atoms with van der Waals surface area (Å²) in [5, 5.41) is 7.16. The number of carbonyl (C=O) groups is 1. The molecule has 1 aliphatic heterocycles. The fraction of sp³-hybridized carbons (Fsp3) is 0.273. The second kappa shape index (κ2) is 7.27. The van der Waals surface area contributed by atoms with Crippen LogP contribution >= 0.6 is 0 Å². The monoisotopic (exact) mass is 361 g/mol. The van der Waals surface area contributed by atoms with Crippen molar-refractivity contribution >= 4 is 5.91 Å². The SMILES string of the molecule is COc1cccc([C@@H]2CCCN2C(=O)c2cn[nH]c2-c2cccc(C)c2)c1.